The van der Waals surface area contributed by atoms with E-state index < -0.39 is 21.6 Å². The third-order valence-corrected chi connectivity index (χ3v) is 5.09. The molecular weight excluding hydrogens is 344 g/mol. The van der Waals surface area contributed by atoms with Gasteiger partial charge in [0.15, 0.2) is 0 Å². The van der Waals surface area contributed by atoms with Crippen LogP contribution in [0.1, 0.15) is 17.6 Å². The Kier molecular flexibility index (Phi) is 5.27. The molecule has 0 aliphatic rings. The molecule has 0 N–H and O–H groups in total. The van der Waals surface area contributed by atoms with Gasteiger partial charge in [0.2, 0.25) is 5.91 Å². The van der Waals surface area contributed by atoms with Crippen LogP contribution in [0.25, 0.3) is 0 Å². The molecular formula is C14H15ClN2O5S. The maximum atomic E-state index is 12.5. The molecule has 0 unspecified atom stereocenters. The van der Waals surface area contributed by atoms with Crippen molar-refractivity contribution in [2.45, 2.75) is 17.7 Å². The van der Waals surface area contributed by atoms with Gasteiger partial charge in [0.05, 0.1) is 12.0 Å². The lowest BCUT2D eigenvalue weighted by atomic mass is 10.3. The molecule has 0 saturated carbocycles. The predicted octanol–water partition coefficient (Wildman–Crippen LogP) is 1.55. The molecule has 7 nitrogen and oxygen atoms in total. The van der Waals surface area contributed by atoms with Crippen LogP contribution < -0.4 is 10.4 Å². The molecule has 2 aromatic rings. The molecule has 1 heterocycles. The Morgan fingerprint density at radius 3 is 2.43 bits per heavy atom. The molecule has 2 rings (SSSR count). The van der Waals surface area contributed by atoms with Crippen molar-refractivity contribution < 1.29 is 17.9 Å². The molecule has 0 amide bonds. The molecule has 124 valence electrons. The Hall–Kier alpha value is -2.06. The summed E-state index contributed by atoms with van der Waals surface area (Å²) < 4.78 is 31.2. The zero-order valence-electron chi connectivity index (χ0n) is 12.3. The van der Waals surface area contributed by atoms with Gasteiger partial charge in [0, 0.05) is 24.7 Å². The largest absolute Gasteiger partial charge is 0.497 e. The third kappa shape index (κ3) is 3.48. The van der Waals surface area contributed by atoms with Gasteiger partial charge in [-0.1, -0.05) is 0 Å². The predicted molar refractivity (Wildman–Crippen MR) is 84.9 cm³/mol. The van der Waals surface area contributed by atoms with Crippen molar-refractivity contribution in [3.63, 3.8) is 0 Å². The lowest BCUT2D eigenvalue weighted by Gasteiger charge is -2.05. The normalized spacial score (nSPS) is 11.4. The monoisotopic (exact) mass is 358 g/mol. The summed E-state index contributed by atoms with van der Waals surface area (Å²) in [4.78, 5) is 24.0. The standard InChI is InChI=1S/C14H15ClN2O5S/c1-22-11-4-6-12(7-5-11)23(20,21)17-10-9-16(14(17)19)13(18)3-2-8-15/h4-7,9-10H,2-3,8H2,1H3. The van der Waals surface area contributed by atoms with Gasteiger partial charge < -0.3 is 4.74 Å². The maximum absolute atomic E-state index is 12.5. The molecule has 1 aromatic carbocycles. The van der Waals surface area contributed by atoms with Gasteiger partial charge in [-0.3, -0.25) is 4.79 Å². The quantitative estimate of drug-likeness (QED) is 0.731. The van der Waals surface area contributed by atoms with E-state index in [1.54, 1.807) is 0 Å². The second-order valence-electron chi connectivity index (χ2n) is 4.61. The number of carbonyl (C=O) groups is 1. The van der Waals surface area contributed by atoms with E-state index in [0.29, 0.717) is 16.1 Å². The van der Waals surface area contributed by atoms with Crippen LogP contribution in [-0.2, 0) is 10.0 Å². The zero-order chi connectivity index (χ0) is 17.0. The zero-order valence-corrected chi connectivity index (χ0v) is 13.9. The van der Waals surface area contributed by atoms with Crippen LogP contribution in [0.4, 0.5) is 0 Å². The molecule has 0 atom stereocenters. The Labute approximate surface area is 138 Å². The average molecular weight is 359 g/mol. The van der Waals surface area contributed by atoms with Crippen molar-refractivity contribution in [1.82, 2.24) is 8.54 Å². The number of benzene rings is 1. The highest BCUT2D eigenvalue weighted by Gasteiger charge is 2.22. The first-order valence-electron chi connectivity index (χ1n) is 6.70. The summed E-state index contributed by atoms with van der Waals surface area (Å²) in [5, 5.41) is 0. The van der Waals surface area contributed by atoms with Gasteiger partial charge in [-0.25, -0.2) is 17.8 Å². The van der Waals surface area contributed by atoms with E-state index in [0.717, 1.165) is 17.0 Å². The minimum absolute atomic E-state index is 0.0655. The number of rotatable bonds is 6. The first-order chi connectivity index (χ1) is 10.9. The lowest BCUT2D eigenvalue weighted by Crippen LogP contribution is -2.32. The molecule has 1 aromatic heterocycles. The SMILES string of the molecule is COc1ccc(S(=O)(=O)n2ccn(C(=O)CCCCl)c2=O)cc1. The van der Waals surface area contributed by atoms with Gasteiger partial charge >= 0.3 is 5.69 Å². The number of methoxy groups -OCH3 is 1. The van der Waals surface area contributed by atoms with E-state index in [1.807, 2.05) is 0 Å². The second kappa shape index (κ2) is 7.01. The summed E-state index contributed by atoms with van der Waals surface area (Å²) in [7, 11) is -2.62. The van der Waals surface area contributed by atoms with E-state index >= 15 is 0 Å². The fourth-order valence-electron chi connectivity index (χ4n) is 1.93. The topological polar surface area (TPSA) is 87.4 Å². The first kappa shape index (κ1) is 17.3. The highest BCUT2D eigenvalue weighted by molar-refractivity contribution is 7.90. The van der Waals surface area contributed by atoms with E-state index in [1.165, 1.54) is 31.4 Å². The van der Waals surface area contributed by atoms with Crippen LogP contribution in [-0.4, -0.2) is 35.9 Å². The minimum Gasteiger partial charge on any atom is -0.497 e. The Morgan fingerprint density at radius 1 is 1.22 bits per heavy atom. The Bertz CT molecular complexity index is 852. The number of aromatic nitrogens is 2. The number of hydrogen-bond acceptors (Lipinski definition) is 5. The summed E-state index contributed by atoms with van der Waals surface area (Å²) in [6, 6.07) is 5.60. The van der Waals surface area contributed by atoms with Crippen LogP contribution >= 0.6 is 11.6 Å². The molecule has 0 aliphatic heterocycles. The maximum Gasteiger partial charge on any atom is 0.349 e. The highest BCUT2D eigenvalue weighted by Crippen LogP contribution is 2.17. The van der Waals surface area contributed by atoms with Crippen LogP contribution in [0.5, 0.6) is 5.75 Å². The minimum atomic E-state index is -4.08. The number of alkyl halides is 1. The number of nitrogens with zero attached hydrogens (tertiary/aromatic N) is 2. The van der Waals surface area contributed by atoms with Crippen LogP contribution in [0.15, 0.2) is 46.3 Å². The lowest BCUT2D eigenvalue weighted by molar-refractivity contribution is 0.0898. The molecule has 0 saturated heterocycles. The van der Waals surface area contributed by atoms with Gasteiger partial charge in [-0.2, -0.15) is 3.97 Å². The summed E-state index contributed by atoms with van der Waals surface area (Å²) in [5.41, 5.74) is -0.930. The smallest absolute Gasteiger partial charge is 0.349 e. The Balaban J connectivity index is 2.39. The van der Waals surface area contributed by atoms with Crippen molar-refractivity contribution in [3.05, 3.63) is 47.1 Å². The summed E-state index contributed by atoms with van der Waals surface area (Å²) in [6.07, 6.45) is 2.67. The number of ether oxygens (including phenoxy) is 1. The van der Waals surface area contributed by atoms with E-state index in [2.05, 4.69) is 0 Å². The summed E-state index contributed by atoms with van der Waals surface area (Å²) in [5.74, 6) is 0.273. The van der Waals surface area contributed by atoms with Crippen molar-refractivity contribution in [2.24, 2.45) is 0 Å². The molecule has 0 radical (unpaired) electrons. The molecule has 0 aliphatic carbocycles. The van der Waals surface area contributed by atoms with Crippen LogP contribution in [0, 0.1) is 0 Å². The third-order valence-electron chi connectivity index (χ3n) is 3.15. The highest BCUT2D eigenvalue weighted by atomic mass is 35.5. The molecule has 0 fully saturated rings. The first-order valence-corrected chi connectivity index (χ1v) is 8.68. The van der Waals surface area contributed by atoms with Crippen molar-refractivity contribution in [1.29, 1.82) is 0 Å². The number of imidazole rings is 1. The molecule has 0 bridgehead atoms. The van der Waals surface area contributed by atoms with Gasteiger partial charge in [-0.15, -0.1) is 11.6 Å². The van der Waals surface area contributed by atoms with Gasteiger partial charge in [-0.05, 0) is 30.7 Å². The fourth-order valence-corrected chi connectivity index (χ4v) is 3.28. The van der Waals surface area contributed by atoms with E-state index in [9.17, 15) is 18.0 Å². The van der Waals surface area contributed by atoms with Crippen molar-refractivity contribution in [2.75, 3.05) is 13.0 Å². The average Bonchev–Trinajstić information content (AvgIpc) is 2.95. The Morgan fingerprint density at radius 2 is 1.87 bits per heavy atom. The summed E-state index contributed by atoms with van der Waals surface area (Å²) >= 11 is 5.50. The second-order valence-corrected chi connectivity index (χ2v) is 6.81. The van der Waals surface area contributed by atoms with E-state index in [-0.39, 0.29) is 17.2 Å². The number of hydrogen-bond donors (Lipinski definition) is 0. The fraction of sp³-hybridized carbons (Fsp3) is 0.286. The molecule has 0 spiro atoms. The molecule has 9 heteroatoms. The number of halogens is 1. The summed E-state index contributed by atoms with van der Waals surface area (Å²) in [6.45, 7) is 0. The van der Waals surface area contributed by atoms with Gasteiger partial charge in [0.1, 0.15) is 5.75 Å². The van der Waals surface area contributed by atoms with E-state index in [4.69, 9.17) is 16.3 Å². The van der Waals surface area contributed by atoms with Crippen molar-refractivity contribution >= 4 is 27.5 Å². The number of carbonyl (C=O) groups excluding carboxylic acids is 1. The van der Waals surface area contributed by atoms with Crippen LogP contribution in [0.2, 0.25) is 0 Å². The van der Waals surface area contributed by atoms with Crippen molar-refractivity contribution in [3.8, 4) is 5.75 Å². The molecule has 23 heavy (non-hydrogen) atoms. The van der Waals surface area contributed by atoms with Crippen LogP contribution in [0.3, 0.4) is 0 Å². The van der Waals surface area contributed by atoms with Gasteiger partial charge in [0.25, 0.3) is 10.0 Å².